The predicted molar refractivity (Wildman–Crippen MR) is 80.8 cm³/mol. The van der Waals surface area contributed by atoms with E-state index in [0.29, 0.717) is 6.61 Å². The molecule has 0 saturated carbocycles. The standard InChI is InChI=1S/C15H24BrNO/c1-3-4-7-10-17-11-13(2)18-12-14-8-5-6-9-15(14)16/h5-6,8-9,13,17H,3-4,7,10-12H2,1-2H3. The summed E-state index contributed by atoms with van der Waals surface area (Å²) in [5, 5.41) is 3.43. The second kappa shape index (κ2) is 9.54. The van der Waals surface area contributed by atoms with Crippen molar-refractivity contribution in [2.24, 2.45) is 0 Å². The molecule has 0 fully saturated rings. The minimum atomic E-state index is 0.249. The van der Waals surface area contributed by atoms with Crippen LogP contribution < -0.4 is 5.32 Å². The van der Waals surface area contributed by atoms with Crippen LogP contribution in [0.1, 0.15) is 38.7 Å². The van der Waals surface area contributed by atoms with E-state index in [1.807, 2.05) is 18.2 Å². The number of halogens is 1. The van der Waals surface area contributed by atoms with E-state index in [4.69, 9.17) is 4.74 Å². The van der Waals surface area contributed by atoms with Gasteiger partial charge < -0.3 is 10.1 Å². The van der Waals surface area contributed by atoms with Crippen molar-refractivity contribution in [2.45, 2.75) is 45.8 Å². The van der Waals surface area contributed by atoms with Gasteiger partial charge in [0, 0.05) is 11.0 Å². The van der Waals surface area contributed by atoms with Crippen LogP contribution in [-0.4, -0.2) is 19.2 Å². The molecule has 0 heterocycles. The van der Waals surface area contributed by atoms with Crippen LogP contribution in [0.5, 0.6) is 0 Å². The fourth-order valence-corrected chi connectivity index (χ4v) is 2.11. The highest BCUT2D eigenvalue weighted by Crippen LogP contribution is 2.17. The zero-order valence-corrected chi connectivity index (χ0v) is 13.0. The van der Waals surface area contributed by atoms with Gasteiger partial charge in [-0.15, -0.1) is 0 Å². The molecule has 2 nitrogen and oxygen atoms in total. The summed E-state index contributed by atoms with van der Waals surface area (Å²) in [6, 6.07) is 8.20. The Labute approximate surface area is 119 Å². The molecule has 0 spiro atoms. The molecule has 1 rings (SSSR count). The van der Waals surface area contributed by atoms with Crippen molar-refractivity contribution in [1.82, 2.24) is 5.32 Å². The van der Waals surface area contributed by atoms with Crippen LogP contribution in [0.3, 0.4) is 0 Å². The number of benzene rings is 1. The number of hydrogen-bond donors (Lipinski definition) is 1. The molecule has 0 aromatic heterocycles. The molecule has 1 aromatic carbocycles. The van der Waals surface area contributed by atoms with Crippen molar-refractivity contribution in [1.29, 1.82) is 0 Å². The molecule has 3 heteroatoms. The Kier molecular flexibility index (Phi) is 8.31. The Morgan fingerprint density at radius 3 is 2.78 bits per heavy atom. The third kappa shape index (κ3) is 6.53. The lowest BCUT2D eigenvalue weighted by atomic mass is 10.2. The summed E-state index contributed by atoms with van der Waals surface area (Å²) < 4.78 is 6.94. The lowest BCUT2D eigenvalue weighted by molar-refractivity contribution is 0.0530. The number of unbranched alkanes of at least 4 members (excludes halogenated alkanes) is 2. The highest BCUT2D eigenvalue weighted by atomic mass is 79.9. The van der Waals surface area contributed by atoms with Crippen LogP contribution in [0.25, 0.3) is 0 Å². The van der Waals surface area contributed by atoms with Crippen LogP contribution >= 0.6 is 15.9 Å². The zero-order valence-electron chi connectivity index (χ0n) is 11.4. The van der Waals surface area contributed by atoms with E-state index in [1.54, 1.807) is 0 Å². The van der Waals surface area contributed by atoms with Crippen LogP contribution in [0, 0.1) is 0 Å². The van der Waals surface area contributed by atoms with Crippen LogP contribution in [0.2, 0.25) is 0 Å². The largest absolute Gasteiger partial charge is 0.372 e. The first-order chi connectivity index (χ1) is 8.74. The molecule has 18 heavy (non-hydrogen) atoms. The summed E-state index contributed by atoms with van der Waals surface area (Å²) in [4.78, 5) is 0. The maximum Gasteiger partial charge on any atom is 0.0732 e. The Morgan fingerprint density at radius 1 is 1.28 bits per heavy atom. The Morgan fingerprint density at radius 2 is 2.06 bits per heavy atom. The van der Waals surface area contributed by atoms with Gasteiger partial charge in [-0.1, -0.05) is 53.9 Å². The molecule has 1 atom stereocenters. The minimum Gasteiger partial charge on any atom is -0.372 e. The molecule has 1 N–H and O–H groups in total. The minimum absolute atomic E-state index is 0.249. The molecule has 1 unspecified atom stereocenters. The summed E-state index contributed by atoms with van der Waals surface area (Å²) in [5.41, 5.74) is 1.20. The van der Waals surface area contributed by atoms with Gasteiger partial charge in [-0.2, -0.15) is 0 Å². The first-order valence-electron chi connectivity index (χ1n) is 6.79. The summed E-state index contributed by atoms with van der Waals surface area (Å²) in [6.07, 6.45) is 4.08. The van der Waals surface area contributed by atoms with Crippen LogP contribution in [0.15, 0.2) is 28.7 Å². The molecule has 0 amide bonds. The SMILES string of the molecule is CCCCCNCC(C)OCc1ccccc1Br. The third-order valence-corrected chi connectivity index (χ3v) is 3.64. The zero-order chi connectivity index (χ0) is 13.2. The Hall–Kier alpha value is -0.380. The molecular formula is C15H24BrNO. The maximum atomic E-state index is 5.82. The fraction of sp³-hybridized carbons (Fsp3) is 0.600. The van der Waals surface area contributed by atoms with Gasteiger partial charge in [0.1, 0.15) is 0 Å². The second-order valence-corrected chi connectivity index (χ2v) is 5.48. The quantitative estimate of drug-likeness (QED) is 0.692. The lowest BCUT2D eigenvalue weighted by Crippen LogP contribution is -2.27. The van der Waals surface area contributed by atoms with Gasteiger partial charge >= 0.3 is 0 Å². The van der Waals surface area contributed by atoms with Crippen molar-refractivity contribution in [3.05, 3.63) is 34.3 Å². The lowest BCUT2D eigenvalue weighted by Gasteiger charge is -2.14. The van der Waals surface area contributed by atoms with E-state index in [9.17, 15) is 0 Å². The highest BCUT2D eigenvalue weighted by Gasteiger charge is 2.04. The van der Waals surface area contributed by atoms with Crippen molar-refractivity contribution < 1.29 is 4.74 Å². The van der Waals surface area contributed by atoms with E-state index < -0.39 is 0 Å². The second-order valence-electron chi connectivity index (χ2n) is 4.62. The average molecular weight is 314 g/mol. The highest BCUT2D eigenvalue weighted by molar-refractivity contribution is 9.10. The molecule has 0 radical (unpaired) electrons. The third-order valence-electron chi connectivity index (χ3n) is 2.87. The normalized spacial score (nSPS) is 12.6. The van der Waals surface area contributed by atoms with E-state index in [-0.39, 0.29) is 6.10 Å². The summed E-state index contributed by atoms with van der Waals surface area (Å²) in [6.45, 7) is 7.02. The van der Waals surface area contributed by atoms with E-state index in [0.717, 1.165) is 17.6 Å². The van der Waals surface area contributed by atoms with Gasteiger partial charge in [0.05, 0.1) is 12.7 Å². The van der Waals surface area contributed by atoms with Crippen LogP contribution in [0.4, 0.5) is 0 Å². The number of nitrogens with one attached hydrogen (secondary N) is 1. The van der Waals surface area contributed by atoms with Crippen molar-refractivity contribution >= 4 is 15.9 Å². The number of rotatable bonds is 9. The smallest absolute Gasteiger partial charge is 0.0732 e. The Bertz CT molecular complexity index is 330. The summed E-state index contributed by atoms with van der Waals surface area (Å²) in [5.74, 6) is 0. The maximum absolute atomic E-state index is 5.82. The van der Waals surface area contributed by atoms with Gasteiger partial charge in [-0.3, -0.25) is 0 Å². The van der Waals surface area contributed by atoms with Gasteiger partial charge in [-0.05, 0) is 31.5 Å². The van der Waals surface area contributed by atoms with E-state index in [1.165, 1.54) is 24.8 Å². The first-order valence-corrected chi connectivity index (χ1v) is 7.59. The van der Waals surface area contributed by atoms with Gasteiger partial charge in [0.25, 0.3) is 0 Å². The average Bonchev–Trinajstić information content (AvgIpc) is 2.37. The summed E-state index contributed by atoms with van der Waals surface area (Å²) >= 11 is 3.53. The van der Waals surface area contributed by atoms with Crippen LogP contribution in [-0.2, 0) is 11.3 Å². The summed E-state index contributed by atoms with van der Waals surface area (Å²) in [7, 11) is 0. The van der Waals surface area contributed by atoms with Gasteiger partial charge in [0.15, 0.2) is 0 Å². The fourth-order valence-electron chi connectivity index (χ4n) is 1.71. The molecule has 0 saturated heterocycles. The molecular weight excluding hydrogens is 290 g/mol. The molecule has 0 aliphatic rings. The van der Waals surface area contributed by atoms with Crippen molar-refractivity contribution in [3.8, 4) is 0 Å². The van der Waals surface area contributed by atoms with Gasteiger partial charge in [0.2, 0.25) is 0 Å². The molecule has 0 aliphatic heterocycles. The first kappa shape index (κ1) is 15.7. The van der Waals surface area contributed by atoms with Crippen molar-refractivity contribution in [3.63, 3.8) is 0 Å². The topological polar surface area (TPSA) is 21.3 Å². The van der Waals surface area contributed by atoms with E-state index in [2.05, 4.69) is 41.2 Å². The monoisotopic (exact) mass is 313 g/mol. The van der Waals surface area contributed by atoms with Gasteiger partial charge in [-0.25, -0.2) is 0 Å². The number of hydrogen-bond acceptors (Lipinski definition) is 2. The molecule has 0 bridgehead atoms. The molecule has 1 aromatic rings. The van der Waals surface area contributed by atoms with Crippen molar-refractivity contribution in [2.75, 3.05) is 13.1 Å². The molecule has 0 aliphatic carbocycles. The Balaban J connectivity index is 2.13. The number of ether oxygens (including phenoxy) is 1. The molecule has 102 valence electrons. The van der Waals surface area contributed by atoms with E-state index >= 15 is 0 Å². The predicted octanol–water partition coefficient (Wildman–Crippen LogP) is 4.13.